The van der Waals surface area contributed by atoms with Gasteiger partial charge in [-0.05, 0) is 19.1 Å². The van der Waals surface area contributed by atoms with Gasteiger partial charge in [0, 0.05) is 0 Å². The minimum Gasteiger partial charge on any atom is -0.314 e. The van der Waals surface area contributed by atoms with Crippen LogP contribution in [0.4, 0.5) is 0 Å². The molecule has 0 spiro atoms. The molecule has 0 aromatic heterocycles. The highest BCUT2D eigenvalue weighted by Crippen LogP contribution is 2.22. The summed E-state index contributed by atoms with van der Waals surface area (Å²) in [5.41, 5.74) is 0. The standard InChI is InChI=1S/C7H11NO7S2/c1-3-5-7(16(10,11)12,17(13,14)15)8-6(9)4-2/h3-5H,2H2,1H3,(H,8,9)(H,10,11,12)(H,13,14,15). The van der Waals surface area contributed by atoms with Crippen LogP contribution in [0.2, 0.25) is 0 Å². The van der Waals surface area contributed by atoms with E-state index in [-0.39, 0.29) is 0 Å². The molecule has 0 atom stereocenters. The number of nitrogens with one attached hydrogen (secondary N) is 1. The van der Waals surface area contributed by atoms with E-state index in [4.69, 9.17) is 9.11 Å². The maximum Gasteiger partial charge on any atom is 0.313 e. The van der Waals surface area contributed by atoms with Gasteiger partial charge < -0.3 is 5.32 Å². The molecular formula is C7H11NO7S2. The van der Waals surface area contributed by atoms with Gasteiger partial charge in [-0.2, -0.15) is 16.8 Å². The Bertz CT molecular complexity index is 511. The van der Waals surface area contributed by atoms with Gasteiger partial charge in [0.1, 0.15) is 0 Å². The number of hydrogen-bond donors (Lipinski definition) is 3. The van der Waals surface area contributed by atoms with E-state index in [9.17, 15) is 21.6 Å². The third kappa shape index (κ3) is 3.12. The van der Waals surface area contributed by atoms with E-state index in [1.807, 2.05) is 0 Å². The predicted octanol–water partition coefficient (Wildman–Crippen LogP) is -0.706. The van der Waals surface area contributed by atoms with Gasteiger partial charge >= 0.3 is 24.4 Å². The van der Waals surface area contributed by atoms with E-state index in [0.717, 1.165) is 6.08 Å². The van der Waals surface area contributed by atoms with Crippen LogP contribution in [-0.2, 0) is 25.0 Å². The van der Waals surface area contributed by atoms with Crippen molar-refractivity contribution in [3.8, 4) is 0 Å². The van der Waals surface area contributed by atoms with Crippen LogP contribution < -0.4 is 5.32 Å². The van der Waals surface area contributed by atoms with Crippen LogP contribution in [0.1, 0.15) is 6.92 Å². The highest BCUT2D eigenvalue weighted by atomic mass is 32.3. The van der Waals surface area contributed by atoms with E-state index in [0.29, 0.717) is 12.2 Å². The molecule has 1 amide bonds. The summed E-state index contributed by atoms with van der Waals surface area (Å²) in [6.07, 6.45) is 1.92. The maximum absolute atomic E-state index is 11.1. The molecule has 17 heavy (non-hydrogen) atoms. The summed E-state index contributed by atoms with van der Waals surface area (Å²) in [5.74, 6) is -1.21. The molecule has 0 aromatic carbocycles. The first kappa shape index (κ1) is 15.8. The van der Waals surface area contributed by atoms with Crippen molar-refractivity contribution in [2.75, 3.05) is 0 Å². The Balaban J connectivity index is 6.15. The van der Waals surface area contributed by atoms with Gasteiger partial charge in [0.15, 0.2) is 0 Å². The Kier molecular flexibility index (Phi) is 4.60. The molecule has 0 saturated carbocycles. The Morgan fingerprint density at radius 1 is 1.24 bits per heavy atom. The lowest BCUT2D eigenvalue weighted by Gasteiger charge is -2.24. The molecule has 0 aliphatic rings. The number of rotatable bonds is 5. The second-order valence-electron chi connectivity index (χ2n) is 2.81. The maximum atomic E-state index is 11.1. The van der Waals surface area contributed by atoms with Crippen LogP contribution in [0.15, 0.2) is 24.8 Å². The van der Waals surface area contributed by atoms with Crippen LogP contribution in [-0.4, -0.2) is 36.1 Å². The lowest BCUT2D eigenvalue weighted by atomic mass is 10.5. The lowest BCUT2D eigenvalue weighted by Crippen LogP contribution is -2.57. The fourth-order valence-electron chi connectivity index (χ4n) is 0.918. The Morgan fingerprint density at radius 2 is 1.65 bits per heavy atom. The van der Waals surface area contributed by atoms with Crippen molar-refractivity contribution in [1.82, 2.24) is 5.32 Å². The third-order valence-corrected chi connectivity index (χ3v) is 4.91. The number of hydrogen-bond acceptors (Lipinski definition) is 5. The van der Waals surface area contributed by atoms with Crippen LogP contribution in [0, 0.1) is 0 Å². The normalized spacial score (nSPS) is 13.6. The Morgan fingerprint density at radius 3 is 1.88 bits per heavy atom. The van der Waals surface area contributed by atoms with E-state index < -0.39 is 30.3 Å². The van der Waals surface area contributed by atoms with E-state index in [2.05, 4.69) is 6.58 Å². The minimum absolute atomic E-state index is 0.416. The number of allylic oxidation sites excluding steroid dienone is 1. The fraction of sp³-hybridized carbons (Fsp3) is 0.286. The van der Waals surface area contributed by atoms with Crippen LogP contribution >= 0.6 is 0 Å². The Labute approximate surface area is 98.5 Å². The summed E-state index contributed by atoms with van der Waals surface area (Å²) in [7, 11) is -10.7. The van der Waals surface area contributed by atoms with Gasteiger partial charge in [0.05, 0.1) is 0 Å². The molecule has 0 unspecified atom stereocenters. The molecule has 0 heterocycles. The monoisotopic (exact) mass is 285 g/mol. The summed E-state index contributed by atoms with van der Waals surface area (Å²) >= 11 is 0. The average molecular weight is 285 g/mol. The topological polar surface area (TPSA) is 138 Å². The molecule has 0 rings (SSSR count). The summed E-state index contributed by atoms with van der Waals surface area (Å²) in [6.45, 7) is 4.21. The zero-order valence-electron chi connectivity index (χ0n) is 8.69. The molecule has 98 valence electrons. The molecule has 0 radical (unpaired) electrons. The predicted molar refractivity (Wildman–Crippen MR) is 59.0 cm³/mol. The first-order chi connectivity index (χ1) is 7.52. The van der Waals surface area contributed by atoms with Crippen LogP contribution in [0.25, 0.3) is 0 Å². The molecule has 0 bridgehead atoms. The average Bonchev–Trinajstić information content (AvgIpc) is 2.13. The molecule has 0 aromatic rings. The summed E-state index contributed by atoms with van der Waals surface area (Å²) in [6, 6.07) is 0. The minimum atomic E-state index is -5.36. The van der Waals surface area contributed by atoms with Crippen molar-refractivity contribution in [2.45, 2.75) is 11.1 Å². The van der Waals surface area contributed by atoms with Gasteiger partial charge in [0.2, 0.25) is 5.91 Å². The van der Waals surface area contributed by atoms with Crippen LogP contribution in [0.3, 0.4) is 0 Å². The van der Waals surface area contributed by atoms with Gasteiger partial charge in [-0.15, -0.1) is 0 Å². The van der Waals surface area contributed by atoms with Crippen molar-refractivity contribution in [1.29, 1.82) is 0 Å². The van der Waals surface area contributed by atoms with Crippen molar-refractivity contribution in [3.63, 3.8) is 0 Å². The summed E-state index contributed by atoms with van der Waals surface area (Å²) < 4.78 is 58.6. The van der Waals surface area contributed by atoms with Crippen LogP contribution in [0.5, 0.6) is 0 Å². The van der Waals surface area contributed by atoms with E-state index >= 15 is 0 Å². The molecule has 8 nitrogen and oxygen atoms in total. The third-order valence-electron chi connectivity index (χ3n) is 1.64. The van der Waals surface area contributed by atoms with E-state index in [1.165, 1.54) is 12.2 Å². The summed E-state index contributed by atoms with van der Waals surface area (Å²) in [4.78, 5) is 11.0. The first-order valence-electron chi connectivity index (χ1n) is 4.04. The molecule has 0 fully saturated rings. The number of carbonyl (C=O) groups is 1. The zero-order valence-corrected chi connectivity index (χ0v) is 10.3. The molecule has 0 aliphatic carbocycles. The molecule has 0 saturated heterocycles. The van der Waals surface area contributed by atoms with Crippen molar-refractivity contribution in [2.24, 2.45) is 0 Å². The highest BCUT2D eigenvalue weighted by Gasteiger charge is 2.53. The highest BCUT2D eigenvalue weighted by molar-refractivity contribution is 8.05. The summed E-state index contributed by atoms with van der Waals surface area (Å²) in [5, 5.41) is 1.44. The van der Waals surface area contributed by atoms with Crippen molar-refractivity contribution < 1.29 is 30.7 Å². The first-order valence-corrected chi connectivity index (χ1v) is 6.92. The van der Waals surface area contributed by atoms with Gasteiger partial charge in [-0.25, -0.2) is 0 Å². The quantitative estimate of drug-likeness (QED) is 0.344. The van der Waals surface area contributed by atoms with Gasteiger partial charge in [0.25, 0.3) is 0 Å². The largest absolute Gasteiger partial charge is 0.314 e. The van der Waals surface area contributed by atoms with Gasteiger partial charge in [-0.1, -0.05) is 12.7 Å². The number of amides is 1. The molecule has 3 N–H and O–H groups in total. The second kappa shape index (κ2) is 4.96. The zero-order chi connectivity index (χ0) is 13.9. The fourth-order valence-corrected chi connectivity index (χ4v) is 3.06. The molecule has 0 aliphatic heterocycles. The SMILES string of the molecule is C=CC(=O)NC(C=CC)(S(=O)(=O)O)S(=O)(=O)O. The second-order valence-corrected chi connectivity index (χ2v) is 6.26. The van der Waals surface area contributed by atoms with Crippen molar-refractivity contribution >= 4 is 26.1 Å². The van der Waals surface area contributed by atoms with Crippen molar-refractivity contribution in [3.05, 3.63) is 24.8 Å². The molecule has 10 heteroatoms. The van der Waals surface area contributed by atoms with Gasteiger partial charge in [-0.3, -0.25) is 13.9 Å². The lowest BCUT2D eigenvalue weighted by molar-refractivity contribution is -0.116. The van der Waals surface area contributed by atoms with E-state index in [1.54, 1.807) is 0 Å². The number of carbonyl (C=O) groups excluding carboxylic acids is 1. The Hall–Kier alpha value is -1.23. The molecular weight excluding hydrogens is 274 g/mol. The smallest absolute Gasteiger partial charge is 0.313 e.